The molecule has 0 saturated heterocycles. The third kappa shape index (κ3) is 5.35. The van der Waals surface area contributed by atoms with Crippen molar-refractivity contribution in [1.29, 1.82) is 5.26 Å². The van der Waals surface area contributed by atoms with Gasteiger partial charge in [-0.05, 0) is 70.7 Å². The minimum atomic E-state index is -0.540. The summed E-state index contributed by atoms with van der Waals surface area (Å²) >= 11 is 0. The van der Waals surface area contributed by atoms with Gasteiger partial charge in [0.05, 0.1) is 11.2 Å². The number of nitrogens with zero attached hydrogens (tertiary/aromatic N) is 7. The number of rotatable bonds is 5. The van der Waals surface area contributed by atoms with Crippen LogP contribution in [0.15, 0.2) is 40.4 Å². The molecule has 1 aliphatic rings. The summed E-state index contributed by atoms with van der Waals surface area (Å²) in [6.45, 7) is 5.78. The SMILES string of the molecule is CN(c1nc(=O)n(C)c2ccc(C#N)nc12)C1CCC(/C(=N/OC(C)(C)C)c2ccc(F)nc2)CC1. The quantitative estimate of drug-likeness (QED) is 0.302. The number of nitriles is 1. The Hall–Kier alpha value is -3.87. The number of aromatic nitrogens is 4. The number of oxime groups is 1. The molecule has 1 saturated carbocycles. The van der Waals surface area contributed by atoms with Crippen LogP contribution in [0.25, 0.3) is 11.0 Å². The second-order valence-corrected chi connectivity index (χ2v) is 10.1. The second kappa shape index (κ2) is 10.0. The van der Waals surface area contributed by atoms with Gasteiger partial charge in [-0.2, -0.15) is 14.6 Å². The van der Waals surface area contributed by atoms with E-state index in [-0.39, 0.29) is 23.3 Å². The standard InChI is InChI=1S/C26H30FN7O2/c1-26(2,3)36-32-22(17-8-13-21(27)29-15-17)16-6-10-19(11-7-16)33(4)24-23-20(34(5)25(35)31-24)12-9-18(14-28)30-23/h8-9,12-13,15-16,19H,6-7,10-11H2,1-5H3/b32-22-. The van der Waals surface area contributed by atoms with Gasteiger partial charge in [0, 0.05) is 37.8 Å². The van der Waals surface area contributed by atoms with Gasteiger partial charge in [-0.25, -0.2) is 14.8 Å². The van der Waals surface area contributed by atoms with E-state index in [4.69, 9.17) is 4.84 Å². The molecule has 0 radical (unpaired) electrons. The van der Waals surface area contributed by atoms with Gasteiger partial charge in [-0.3, -0.25) is 4.57 Å². The van der Waals surface area contributed by atoms with Crippen LogP contribution in [-0.2, 0) is 11.9 Å². The zero-order valence-corrected chi connectivity index (χ0v) is 21.2. The first kappa shape index (κ1) is 25.2. The zero-order valence-electron chi connectivity index (χ0n) is 21.2. The van der Waals surface area contributed by atoms with Crippen LogP contribution in [0.5, 0.6) is 0 Å². The number of pyridine rings is 2. The highest BCUT2D eigenvalue weighted by molar-refractivity contribution is 6.01. The van der Waals surface area contributed by atoms with Gasteiger partial charge in [0.1, 0.15) is 22.9 Å². The van der Waals surface area contributed by atoms with Crippen LogP contribution in [0, 0.1) is 23.2 Å². The Morgan fingerprint density at radius 1 is 1.19 bits per heavy atom. The second-order valence-electron chi connectivity index (χ2n) is 10.1. The summed E-state index contributed by atoms with van der Waals surface area (Å²) in [7, 11) is 3.56. The van der Waals surface area contributed by atoms with Crippen molar-refractivity contribution in [2.24, 2.45) is 18.1 Å². The molecule has 0 bridgehead atoms. The van der Waals surface area contributed by atoms with E-state index in [1.54, 1.807) is 25.2 Å². The molecule has 3 aromatic rings. The fourth-order valence-corrected chi connectivity index (χ4v) is 4.50. The van der Waals surface area contributed by atoms with Gasteiger partial charge < -0.3 is 9.74 Å². The Balaban J connectivity index is 1.59. The van der Waals surface area contributed by atoms with Gasteiger partial charge in [0.2, 0.25) is 5.95 Å². The van der Waals surface area contributed by atoms with Crippen LogP contribution in [0.1, 0.15) is 57.7 Å². The number of hydrogen-bond acceptors (Lipinski definition) is 8. The van der Waals surface area contributed by atoms with Crippen LogP contribution in [0.2, 0.25) is 0 Å². The number of aryl methyl sites for hydroxylation is 1. The first-order valence-electron chi connectivity index (χ1n) is 12.0. The predicted octanol–water partition coefficient (Wildman–Crippen LogP) is 3.95. The summed E-state index contributed by atoms with van der Waals surface area (Å²) < 4.78 is 14.9. The Kier molecular flexibility index (Phi) is 7.02. The van der Waals surface area contributed by atoms with E-state index in [2.05, 4.69) is 26.2 Å². The highest BCUT2D eigenvalue weighted by Crippen LogP contribution is 2.33. The number of halogens is 1. The van der Waals surface area contributed by atoms with Gasteiger partial charge in [-0.1, -0.05) is 5.16 Å². The van der Waals surface area contributed by atoms with Crippen molar-refractivity contribution in [2.45, 2.75) is 58.1 Å². The average molecular weight is 492 g/mol. The van der Waals surface area contributed by atoms with Crippen LogP contribution in [-0.4, -0.2) is 43.9 Å². The average Bonchev–Trinajstić information content (AvgIpc) is 2.86. The van der Waals surface area contributed by atoms with Gasteiger partial charge >= 0.3 is 5.69 Å². The molecule has 9 nitrogen and oxygen atoms in total. The topological polar surface area (TPSA) is 109 Å². The summed E-state index contributed by atoms with van der Waals surface area (Å²) in [6, 6.07) is 8.52. The van der Waals surface area contributed by atoms with E-state index in [9.17, 15) is 14.4 Å². The Morgan fingerprint density at radius 3 is 2.53 bits per heavy atom. The molecule has 0 unspecified atom stereocenters. The maximum Gasteiger partial charge on any atom is 0.349 e. The fraction of sp³-hybridized carbons (Fsp3) is 0.462. The molecule has 0 amide bonds. The van der Waals surface area contributed by atoms with Crippen LogP contribution in [0.4, 0.5) is 10.2 Å². The molecule has 0 spiro atoms. The van der Waals surface area contributed by atoms with E-state index < -0.39 is 11.5 Å². The van der Waals surface area contributed by atoms with E-state index in [0.717, 1.165) is 37.0 Å². The van der Waals surface area contributed by atoms with Crippen LogP contribution >= 0.6 is 0 Å². The lowest BCUT2D eigenvalue weighted by Gasteiger charge is -2.36. The third-order valence-corrected chi connectivity index (χ3v) is 6.46. The first-order chi connectivity index (χ1) is 17.1. The maximum absolute atomic E-state index is 13.4. The van der Waals surface area contributed by atoms with Gasteiger partial charge in [0.25, 0.3) is 0 Å². The van der Waals surface area contributed by atoms with Crippen molar-refractivity contribution in [2.75, 3.05) is 11.9 Å². The molecule has 36 heavy (non-hydrogen) atoms. The number of fused-ring (bicyclic) bond motifs is 1. The summed E-state index contributed by atoms with van der Waals surface area (Å²) in [6.07, 6.45) is 4.77. The lowest BCUT2D eigenvalue weighted by Crippen LogP contribution is -2.39. The molecule has 0 aromatic carbocycles. The highest BCUT2D eigenvalue weighted by atomic mass is 19.1. The summed E-state index contributed by atoms with van der Waals surface area (Å²) in [5, 5.41) is 13.8. The summed E-state index contributed by atoms with van der Waals surface area (Å²) in [5.74, 6) is 0.0457. The van der Waals surface area contributed by atoms with Crippen molar-refractivity contribution in [3.05, 3.63) is 58.2 Å². The van der Waals surface area contributed by atoms with Crippen LogP contribution < -0.4 is 10.6 Å². The lowest BCUT2D eigenvalue weighted by molar-refractivity contribution is -0.0000356. The molecule has 0 atom stereocenters. The Bertz CT molecular complexity index is 1380. The van der Waals surface area contributed by atoms with E-state index >= 15 is 0 Å². The number of hydrogen-bond donors (Lipinski definition) is 0. The molecule has 0 aliphatic heterocycles. The smallest absolute Gasteiger partial charge is 0.349 e. The van der Waals surface area contributed by atoms with Crippen molar-refractivity contribution < 1.29 is 9.23 Å². The maximum atomic E-state index is 13.4. The van der Waals surface area contributed by atoms with Crippen molar-refractivity contribution >= 4 is 22.6 Å². The number of anilines is 1. The normalized spacial score (nSPS) is 18.6. The molecule has 188 valence electrons. The van der Waals surface area contributed by atoms with E-state index in [1.807, 2.05) is 32.7 Å². The monoisotopic (exact) mass is 491 g/mol. The van der Waals surface area contributed by atoms with Crippen molar-refractivity contribution in [3.8, 4) is 6.07 Å². The molecule has 3 heterocycles. The Morgan fingerprint density at radius 2 is 1.92 bits per heavy atom. The largest absolute Gasteiger partial charge is 0.390 e. The minimum Gasteiger partial charge on any atom is -0.390 e. The van der Waals surface area contributed by atoms with Crippen LogP contribution in [0.3, 0.4) is 0 Å². The highest BCUT2D eigenvalue weighted by Gasteiger charge is 2.30. The van der Waals surface area contributed by atoms with Crippen molar-refractivity contribution in [3.63, 3.8) is 0 Å². The summed E-state index contributed by atoms with van der Waals surface area (Å²) in [4.78, 5) is 32.8. The van der Waals surface area contributed by atoms with Gasteiger partial charge in [0.15, 0.2) is 5.82 Å². The minimum absolute atomic E-state index is 0.112. The molecule has 3 aromatic heterocycles. The zero-order chi connectivity index (χ0) is 26.0. The molecule has 4 rings (SSSR count). The van der Waals surface area contributed by atoms with E-state index in [1.165, 1.54) is 16.8 Å². The molecule has 1 fully saturated rings. The predicted molar refractivity (Wildman–Crippen MR) is 135 cm³/mol. The molecule has 1 aliphatic carbocycles. The molecular formula is C26H30FN7O2. The van der Waals surface area contributed by atoms with E-state index in [0.29, 0.717) is 16.9 Å². The third-order valence-electron chi connectivity index (χ3n) is 6.46. The van der Waals surface area contributed by atoms with Gasteiger partial charge in [-0.15, -0.1) is 0 Å². The Labute approximate surface area is 209 Å². The summed E-state index contributed by atoms with van der Waals surface area (Å²) in [5.41, 5.74) is 2.09. The fourth-order valence-electron chi connectivity index (χ4n) is 4.50. The van der Waals surface area contributed by atoms with Crippen molar-refractivity contribution in [1.82, 2.24) is 19.5 Å². The lowest BCUT2D eigenvalue weighted by atomic mass is 9.81. The molecular weight excluding hydrogens is 461 g/mol. The molecule has 0 N–H and O–H groups in total. The molecule has 10 heteroatoms. The first-order valence-corrected chi connectivity index (χ1v) is 12.0.